The molecule has 0 radical (unpaired) electrons. The number of ether oxygens (including phenoxy) is 2. The standard InChI is InChI=1S/C28H29N5O3S/c29-28-27(32-24(16-31-28)20-7-9-21(10-8-20)37-22-11-13-34-17-22)25-14-23(33-36-25)19-5-3-18(4-6-19)15-30-26-2-1-12-35-26/h3-10,14,16,22,26,30H,1-2,11-13,15,17H2,(H2,29,31). The van der Waals surface area contributed by atoms with Gasteiger partial charge in [-0.3, -0.25) is 5.32 Å². The van der Waals surface area contributed by atoms with Crippen molar-refractivity contribution >= 4 is 17.6 Å². The SMILES string of the molecule is Nc1ncc(-c2ccc(SC3CCOC3)cc2)nc1-c1cc(-c2ccc(CNC3CCCO3)cc2)no1. The molecule has 3 N–H and O–H groups in total. The summed E-state index contributed by atoms with van der Waals surface area (Å²) in [5.41, 5.74) is 11.2. The monoisotopic (exact) mass is 515 g/mol. The fraction of sp³-hybridized carbons (Fsp3) is 0.321. The summed E-state index contributed by atoms with van der Waals surface area (Å²) in [7, 11) is 0. The van der Waals surface area contributed by atoms with Crippen molar-refractivity contribution in [1.29, 1.82) is 0 Å². The van der Waals surface area contributed by atoms with Crippen LogP contribution >= 0.6 is 11.8 Å². The van der Waals surface area contributed by atoms with Crippen LogP contribution in [0.25, 0.3) is 34.0 Å². The molecular formula is C28H29N5O3S. The Hall–Kier alpha value is -3.24. The van der Waals surface area contributed by atoms with E-state index in [0.717, 1.165) is 68.1 Å². The molecule has 8 nitrogen and oxygen atoms in total. The highest BCUT2D eigenvalue weighted by Gasteiger charge is 2.18. The molecule has 2 aliphatic heterocycles. The molecule has 4 heterocycles. The average molecular weight is 516 g/mol. The topological polar surface area (TPSA) is 108 Å². The van der Waals surface area contributed by atoms with Crippen LogP contribution in [0.15, 0.2) is 70.2 Å². The zero-order chi connectivity index (χ0) is 25.0. The van der Waals surface area contributed by atoms with Crippen molar-refractivity contribution in [3.8, 4) is 34.0 Å². The van der Waals surface area contributed by atoms with Crippen LogP contribution in [-0.2, 0) is 16.0 Å². The number of nitrogens with zero attached hydrogens (tertiary/aromatic N) is 3. The summed E-state index contributed by atoms with van der Waals surface area (Å²) in [5, 5.41) is 8.22. The van der Waals surface area contributed by atoms with Gasteiger partial charge in [0, 0.05) is 47.1 Å². The molecule has 2 fully saturated rings. The highest BCUT2D eigenvalue weighted by Crippen LogP contribution is 2.32. The third-order valence-corrected chi connectivity index (χ3v) is 7.85. The third-order valence-electron chi connectivity index (χ3n) is 6.60. The Balaban J connectivity index is 1.15. The van der Waals surface area contributed by atoms with Gasteiger partial charge in [-0.2, -0.15) is 0 Å². The number of thioether (sulfide) groups is 1. The molecule has 2 saturated heterocycles. The van der Waals surface area contributed by atoms with E-state index in [-0.39, 0.29) is 6.23 Å². The van der Waals surface area contributed by atoms with Crippen molar-refractivity contribution in [1.82, 2.24) is 20.4 Å². The van der Waals surface area contributed by atoms with E-state index in [1.165, 1.54) is 10.5 Å². The van der Waals surface area contributed by atoms with Crippen molar-refractivity contribution < 1.29 is 14.0 Å². The fourth-order valence-corrected chi connectivity index (χ4v) is 5.56. The van der Waals surface area contributed by atoms with E-state index in [1.54, 1.807) is 6.20 Å². The van der Waals surface area contributed by atoms with Gasteiger partial charge in [-0.1, -0.05) is 41.6 Å². The second-order valence-corrected chi connectivity index (χ2v) is 10.6. The van der Waals surface area contributed by atoms with Gasteiger partial charge >= 0.3 is 0 Å². The second-order valence-electron chi connectivity index (χ2n) is 9.27. The van der Waals surface area contributed by atoms with Crippen molar-refractivity contribution in [3.05, 3.63) is 66.4 Å². The normalized spacial score (nSPS) is 19.5. The van der Waals surface area contributed by atoms with Gasteiger partial charge in [0.15, 0.2) is 17.3 Å². The number of benzene rings is 2. The summed E-state index contributed by atoms with van der Waals surface area (Å²) < 4.78 is 16.7. The zero-order valence-corrected chi connectivity index (χ0v) is 21.2. The van der Waals surface area contributed by atoms with Gasteiger partial charge in [0.25, 0.3) is 0 Å². The van der Waals surface area contributed by atoms with Crippen LogP contribution in [-0.4, -0.2) is 46.4 Å². The summed E-state index contributed by atoms with van der Waals surface area (Å²) in [6.07, 6.45) is 5.12. The molecule has 4 aromatic rings. The Morgan fingerprint density at radius 1 is 0.973 bits per heavy atom. The Labute approximate surface area is 220 Å². The second kappa shape index (κ2) is 11.0. The van der Waals surface area contributed by atoms with Crippen LogP contribution in [0.4, 0.5) is 5.82 Å². The van der Waals surface area contributed by atoms with Gasteiger partial charge in [0.2, 0.25) is 0 Å². The minimum absolute atomic E-state index is 0.156. The van der Waals surface area contributed by atoms with Gasteiger partial charge < -0.3 is 19.7 Å². The molecule has 0 amide bonds. The molecular weight excluding hydrogens is 486 g/mol. The van der Waals surface area contributed by atoms with E-state index in [2.05, 4.69) is 51.9 Å². The number of nitrogens with two attached hydrogens (primary N) is 1. The van der Waals surface area contributed by atoms with Crippen molar-refractivity contribution in [2.75, 3.05) is 25.6 Å². The third kappa shape index (κ3) is 5.70. The van der Waals surface area contributed by atoms with Crippen LogP contribution in [0, 0.1) is 0 Å². The number of anilines is 1. The number of nitrogen functional groups attached to an aromatic ring is 1. The molecule has 0 spiro atoms. The van der Waals surface area contributed by atoms with Crippen LogP contribution in [0.2, 0.25) is 0 Å². The van der Waals surface area contributed by atoms with Gasteiger partial charge in [-0.15, -0.1) is 11.8 Å². The average Bonchev–Trinajstić information content (AvgIpc) is 3.72. The maximum absolute atomic E-state index is 6.17. The smallest absolute Gasteiger partial charge is 0.189 e. The highest BCUT2D eigenvalue weighted by molar-refractivity contribution is 8.00. The minimum Gasteiger partial charge on any atom is -0.382 e. The summed E-state index contributed by atoms with van der Waals surface area (Å²) in [4.78, 5) is 10.4. The largest absolute Gasteiger partial charge is 0.382 e. The number of nitrogens with one attached hydrogen (secondary N) is 1. The zero-order valence-electron chi connectivity index (χ0n) is 20.4. The molecule has 0 bridgehead atoms. The number of hydrogen-bond acceptors (Lipinski definition) is 9. The van der Waals surface area contributed by atoms with E-state index in [0.29, 0.717) is 22.5 Å². The Morgan fingerprint density at radius 2 is 1.78 bits per heavy atom. The van der Waals surface area contributed by atoms with Crippen LogP contribution < -0.4 is 11.1 Å². The van der Waals surface area contributed by atoms with Crippen LogP contribution in [0.3, 0.4) is 0 Å². The Kier molecular flexibility index (Phi) is 7.18. The molecule has 2 aromatic carbocycles. The Bertz CT molecular complexity index is 1330. The minimum atomic E-state index is 0.156. The molecule has 37 heavy (non-hydrogen) atoms. The van der Waals surface area contributed by atoms with Gasteiger partial charge in [0.05, 0.1) is 18.5 Å². The number of rotatable bonds is 8. The van der Waals surface area contributed by atoms with Crippen LogP contribution in [0.5, 0.6) is 0 Å². The van der Waals surface area contributed by atoms with Crippen LogP contribution in [0.1, 0.15) is 24.8 Å². The Morgan fingerprint density at radius 3 is 2.54 bits per heavy atom. The summed E-state index contributed by atoms with van der Waals surface area (Å²) in [5.74, 6) is 0.787. The summed E-state index contributed by atoms with van der Waals surface area (Å²) in [6, 6.07) is 18.4. The van der Waals surface area contributed by atoms with E-state index in [1.807, 2.05) is 30.0 Å². The molecule has 2 aliphatic rings. The van der Waals surface area contributed by atoms with E-state index in [4.69, 9.17) is 24.7 Å². The highest BCUT2D eigenvalue weighted by atomic mass is 32.2. The van der Waals surface area contributed by atoms with Gasteiger partial charge in [0.1, 0.15) is 11.9 Å². The molecule has 0 saturated carbocycles. The molecule has 2 aromatic heterocycles. The molecule has 2 atom stereocenters. The lowest BCUT2D eigenvalue weighted by Gasteiger charge is -2.11. The molecule has 9 heteroatoms. The lowest BCUT2D eigenvalue weighted by atomic mass is 10.1. The predicted molar refractivity (Wildman–Crippen MR) is 144 cm³/mol. The first-order valence-corrected chi connectivity index (χ1v) is 13.5. The van der Waals surface area contributed by atoms with Crippen molar-refractivity contribution in [2.45, 2.75) is 42.2 Å². The predicted octanol–water partition coefficient (Wildman–Crippen LogP) is 5.15. The first-order valence-electron chi connectivity index (χ1n) is 12.6. The summed E-state index contributed by atoms with van der Waals surface area (Å²) in [6.45, 7) is 3.27. The molecule has 190 valence electrons. The van der Waals surface area contributed by atoms with Crippen molar-refractivity contribution in [2.24, 2.45) is 0 Å². The first kappa shape index (κ1) is 24.1. The van der Waals surface area contributed by atoms with E-state index >= 15 is 0 Å². The van der Waals surface area contributed by atoms with Gasteiger partial charge in [-0.05, 0) is 37.0 Å². The van der Waals surface area contributed by atoms with Gasteiger partial charge in [-0.25, -0.2) is 9.97 Å². The summed E-state index contributed by atoms with van der Waals surface area (Å²) >= 11 is 1.85. The lowest BCUT2D eigenvalue weighted by molar-refractivity contribution is 0.0827. The molecule has 0 aliphatic carbocycles. The quantitative estimate of drug-likeness (QED) is 0.329. The maximum Gasteiger partial charge on any atom is 0.189 e. The molecule has 2 unspecified atom stereocenters. The maximum atomic E-state index is 6.17. The first-order chi connectivity index (χ1) is 18.2. The number of hydrogen-bond donors (Lipinski definition) is 2. The van der Waals surface area contributed by atoms with E-state index in [9.17, 15) is 0 Å². The van der Waals surface area contributed by atoms with E-state index < -0.39 is 0 Å². The number of aromatic nitrogens is 3. The van der Waals surface area contributed by atoms with Crippen molar-refractivity contribution in [3.63, 3.8) is 0 Å². The fourth-order valence-electron chi connectivity index (χ4n) is 4.51. The lowest BCUT2D eigenvalue weighted by Crippen LogP contribution is -2.27. The molecule has 6 rings (SSSR count).